The van der Waals surface area contributed by atoms with Crippen LogP contribution in [0.1, 0.15) is 44.0 Å². The van der Waals surface area contributed by atoms with Gasteiger partial charge in [0.05, 0.1) is 0 Å². The van der Waals surface area contributed by atoms with Gasteiger partial charge in [-0.15, -0.1) is 0 Å². The minimum Gasteiger partial charge on any atom is -0.446 e. The van der Waals surface area contributed by atoms with Gasteiger partial charge in [-0.1, -0.05) is 19.0 Å². The average Bonchev–Trinajstić information content (AvgIpc) is 2.46. The molecule has 15 heavy (non-hydrogen) atoms. The third-order valence-electron chi connectivity index (χ3n) is 2.26. The highest BCUT2D eigenvalue weighted by Crippen LogP contribution is 2.15. The van der Waals surface area contributed by atoms with E-state index in [1.165, 1.54) is 0 Å². The first kappa shape index (κ1) is 11.8. The van der Waals surface area contributed by atoms with Crippen LogP contribution in [0, 0.1) is 19.8 Å². The Labute approximate surface area is 90.0 Å². The van der Waals surface area contributed by atoms with Crippen LogP contribution in [0.3, 0.4) is 0 Å². The molecule has 0 atom stereocenters. The van der Waals surface area contributed by atoms with Crippen molar-refractivity contribution in [2.75, 3.05) is 0 Å². The van der Waals surface area contributed by atoms with E-state index in [2.05, 4.69) is 24.0 Å². The minimum absolute atomic E-state index is 0.579. The topological polar surface area (TPSA) is 58.6 Å². The van der Waals surface area contributed by atoms with E-state index >= 15 is 0 Å². The molecular weight excluding hydrogens is 192 g/mol. The summed E-state index contributed by atoms with van der Waals surface area (Å²) in [6.45, 7) is 7.88. The van der Waals surface area contributed by atoms with Crippen molar-refractivity contribution in [1.82, 2.24) is 4.98 Å². The molecular formula is C11H18N2O2. The first-order valence-electron chi connectivity index (χ1n) is 5.20. The van der Waals surface area contributed by atoms with Gasteiger partial charge in [0.25, 0.3) is 0 Å². The smallest absolute Gasteiger partial charge is 0.191 e. The second-order valence-electron chi connectivity index (χ2n) is 4.12. The molecule has 0 amide bonds. The van der Waals surface area contributed by atoms with Crippen LogP contribution in [0.4, 0.5) is 0 Å². The van der Waals surface area contributed by atoms with Crippen LogP contribution < -0.4 is 0 Å². The molecule has 1 rings (SSSR count). The van der Waals surface area contributed by atoms with Crippen LogP contribution >= 0.6 is 0 Å². The third-order valence-corrected chi connectivity index (χ3v) is 2.26. The lowest BCUT2D eigenvalue weighted by Gasteiger charge is -2.04. The number of hydrogen-bond acceptors (Lipinski definition) is 4. The summed E-state index contributed by atoms with van der Waals surface area (Å²) in [5, 5.41) is 12.2. The molecule has 1 aromatic rings. The third kappa shape index (κ3) is 3.08. The van der Waals surface area contributed by atoms with Crippen molar-refractivity contribution in [2.45, 2.75) is 40.5 Å². The molecule has 1 aromatic heterocycles. The molecule has 0 aliphatic rings. The molecule has 0 spiro atoms. The SMILES string of the molecule is Cc1nc(/C(CCC(C)C)=N/O)c(C)o1. The summed E-state index contributed by atoms with van der Waals surface area (Å²) in [5.41, 5.74) is 1.29. The summed E-state index contributed by atoms with van der Waals surface area (Å²) in [7, 11) is 0. The van der Waals surface area contributed by atoms with Crippen LogP contribution in [0.2, 0.25) is 0 Å². The Bertz CT molecular complexity index is 353. The Morgan fingerprint density at radius 1 is 1.47 bits per heavy atom. The monoisotopic (exact) mass is 210 g/mol. The van der Waals surface area contributed by atoms with Crippen molar-refractivity contribution in [1.29, 1.82) is 0 Å². The highest BCUT2D eigenvalue weighted by molar-refractivity contribution is 5.99. The van der Waals surface area contributed by atoms with Gasteiger partial charge in [0, 0.05) is 6.92 Å². The van der Waals surface area contributed by atoms with E-state index in [1.54, 1.807) is 6.92 Å². The second-order valence-corrected chi connectivity index (χ2v) is 4.12. The van der Waals surface area contributed by atoms with Gasteiger partial charge in [-0.05, 0) is 25.7 Å². The van der Waals surface area contributed by atoms with Crippen molar-refractivity contribution in [2.24, 2.45) is 11.1 Å². The van der Waals surface area contributed by atoms with E-state index in [9.17, 15) is 0 Å². The van der Waals surface area contributed by atoms with Gasteiger partial charge in [-0.2, -0.15) is 0 Å². The maximum atomic E-state index is 8.93. The van der Waals surface area contributed by atoms with E-state index in [-0.39, 0.29) is 0 Å². The van der Waals surface area contributed by atoms with E-state index < -0.39 is 0 Å². The van der Waals surface area contributed by atoms with Gasteiger partial charge < -0.3 is 9.62 Å². The maximum absolute atomic E-state index is 8.93. The summed E-state index contributed by atoms with van der Waals surface area (Å²) < 4.78 is 5.30. The average molecular weight is 210 g/mol. The Hall–Kier alpha value is -1.32. The summed E-state index contributed by atoms with van der Waals surface area (Å²) in [5.74, 6) is 1.90. The second kappa shape index (κ2) is 4.96. The van der Waals surface area contributed by atoms with Crippen molar-refractivity contribution in [3.8, 4) is 0 Å². The van der Waals surface area contributed by atoms with Gasteiger partial charge in [0.2, 0.25) is 0 Å². The Morgan fingerprint density at radius 3 is 2.53 bits per heavy atom. The number of rotatable bonds is 4. The Balaban J connectivity index is 2.80. The molecule has 0 aliphatic heterocycles. The molecule has 0 aliphatic carbocycles. The van der Waals surface area contributed by atoms with Gasteiger partial charge >= 0.3 is 0 Å². The van der Waals surface area contributed by atoms with Crippen LogP contribution in [0.25, 0.3) is 0 Å². The number of nitrogens with zero attached hydrogens (tertiary/aromatic N) is 2. The molecule has 84 valence electrons. The molecule has 1 heterocycles. The highest BCUT2D eigenvalue weighted by atomic mass is 16.4. The summed E-state index contributed by atoms with van der Waals surface area (Å²) in [4.78, 5) is 4.20. The first-order chi connectivity index (χ1) is 7.04. The van der Waals surface area contributed by atoms with Crippen molar-refractivity contribution in [3.63, 3.8) is 0 Å². The lowest BCUT2D eigenvalue weighted by molar-refractivity contribution is 0.317. The highest BCUT2D eigenvalue weighted by Gasteiger charge is 2.14. The van der Waals surface area contributed by atoms with Gasteiger partial charge in [0.15, 0.2) is 5.89 Å². The van der Waals surface area contributed by atoms with E-state index in [0.717, 1.165) is 12.8 Å². The number of oxazole rings is 1. The molecule has 0 saturated heterocycles. The molecule has 0 saturated carbocycles. The minimum atomic E-state index is 0.579. The van der Waals surface area contributed by atoms with E-state index in [0.29, 0.717) is 29.0 Å². The fourth-order valence-corrected chi connectivity index (χ4v) is 1.44. The molecule has 4 nitrogen and oxygen atoms in total. The van der Waals surface area contributed by atoms with E-state index in [4.69, 9.17) is 9.62 Å². The van der Waals surface area contributed by atoms with Crippen LogP contribution in [-0.4, -0.2) is 15.9 Å². The first-order valence-corrected chi connectivity index (χ1v) is 5.20. The summed E-state index contributed by atoms with van der Waals surface area (Å²) in [6, 6.07) is 0. The standard InChI is InChI=1S/C11H18N2O2/c1-7(2)5-6-10(13-14)11-8(3)15-9(4)12-11/h7,14H,5-6H2,1-4H3/b13-10+. The maximum Gasteiger partial charge on any atom is 0.191 e. The largest absolute Gasteiger partial charge is 0.446 e. The Kier molecular flexibility index (Phi) is 3.88. The molecule has 0 unspecified atom stereocenters. The zero-order chi connectivity index (χ0) is 11.4. The molecule has 1 N–H and O–H groups in total. The summed E-state index contributed by atoms with van der Waals surface area (Å²) in [6.07, 6.45) is 1.70. The fourth-order valence-electron chi connectivity index (χ4n) is 1.44. The lowest BCUT2D eigenvalue weighted by Crippen LogP contribution is -2.05. The molecule has 0 aromatic carbocycles. The van der Waals surface area contributed by atoms with Gasteiger partial charge in [-0.25, -0.2) is 4.98 Å². The predicted octanol–water partition coefficient (Wildman–Crippen LogP) is 2.91. The predicted molar refractivity (Wildman–Crippen MR) is 58.4 cm³/mol. The van der Waals surface area contributed by atoms with Crippen molar-refractivity contribution >= 4 is 5.71 Å². The molecule has 4 heteroatoms. The number of oxime groups is 1. The molecule has 0 radical (unpaired) electrons. The van der Waals surface area contributed by atoms with E-state index in [1.807, 2.05) is 6.92 Å². The van der Waals surface area contributed by atoms with Crippen molar-refractivity contribution in [3.05, 3.63) is 17.3 Å². The van der Waals surface area contributed by atoms with Gasteiger partial charge in [-0.3, -0.25) is 0 Å². The van der Waals surface area contributed by atoms with Crippen LogP contribution in [0.5, 0.6) is 0 Å². The molecule has 0 bridgehead atoms. The van der Waals surface area contributed by atoms with Gasteiger partial charge in [0.1, 0.15) is 17.2 Å². The lowest BCUT2D eigenvalue weighted by atomic mass is 10.0. The molecule has 0 fully saturated rings. The zero-order valence-electron chi connectivity index (χ0n) is 9.74. The number of aryl methyl sites for hydroxylation is 2. The quantitative estimate of drug-likeness (QED) is 0.472. The summed E-state index contributed by atoms with van der Waals surface area (Å²) >= 11 is 0. The van der Waals surface area contributed by atoms with Crippen LogP contribution in [0.15, 0.2) is 9.57 Å². The normalized spacial score (nSPS) is 12.5. The number of hydrogen-bond donors (Lipinski definition) is 1. The zero-order valence-corrected chi connectivity index (χ0v) is 9.74. The van der Waals surface area contributed by atoms with Crippen molar-refractivity contribution < 1.29 is 9.62 Å². The van der Waals surface area contributed by atoms with Crippen LogP contribution in [-0.2, 0) is 0 Å². The number of aromatic nitrogens is 1. The fraction of sp³-hybridized carbons (Fsp3) is 0.636. The Morgan fingerprint density at radius 2 is 2.13 bits per heavy atom.